The van der Waals surface area contributed by atoms with Crippen molar-refractivity contribution < 1.29 is 26.4 Å². The van der Waals surface area contributed by atoms with E-state index in [2.05, 4.69) is 40.9 Å². The summed E-state index contributed by atoms with van der Waals surface area (Å²) in [6.07, 6.45) is -1.09. The number of sulfonamides is 1. The molecule has 2 aromatic heterocycles. The van der Waals surface area contributed by atoms with Gasteiger partial charge in [-0.15, -0.1) is 0 Å². The predicted molar refractivity (Wildman–Crippen MR) is 145 cm³/mol. The number of pyridine rings is 1. The quantitative estimate of drug-likeness (QED) is 0.244. The summed E-state index contributed by atoms with van der Waals surface area (Å²) in [5.41, 5.74) is 0.000537. The van der Waals surface area contributed by atoms with Gasteiger partial charge < -0.3 is 21.3 Å². The molecule has 1 aliphatic rings. The molecule has 0 radical (unpaired) electrons. The van der Waals surface area contributed by atoms with Crippen molar-refractivity contribution in [1.29, 1.82) is 0 Å². The Morgan fingerprint density at radius 3 is 2.60 bits per heavy atom. The Labute approximate surface area is 229 Å². The lowest BCUT2D eigenvalue weighted by atomic mass is 10.1. The topological polar surface area (TPSA) is 150 Å². The molecule has 1 saturated heterocycles. The molecule has 0 atom stereocenters. The fourth-order valence-corrected chi connectivity index (χ4v) is 4.58. The number of piperidine rings is 1. The van der Waals surface area contributed by atoms with Crippen molar-refractivity contribution in [2.24, 2.45) is 0 Å². The van der Waals surface area contributed by atoms with Gasteiger partial charge in [0, 0.05) is 41.8 Å². The van der Waals surface area contributed by atoms with E-state index < -0.39 is 27.6 Å². The maximum Gasteiger partial charge on any atom is 0.421 e. The summed E-state index contributed by atoms with van der Waals surface area (Å²) in [4.78, 5) is 24.5. The van der Waals surface area contributed by atoms with Gasteiger partial charge in [-0.3, -0.25) is 9.52 Å². The molecule has 0 unspecified atom stereocenters. The van der Waals surface area contributed by atoms with E-state index in [1.807, 2.05) is 0 Å². The number of halogens is 3. The Kier molecular flexibility index (Phi) is 9.04. The summed E-state index contributed by atoms with van der Waals surface area (Å²) in [7, 11) is -3.66. The molecule has 0 bridgehead atoms. The molecule has 1 amide bonds. The van der Waals surface area contributed by atoms with Gasteiger partial charge >= 0.3 is 6.18 Å². The standard InChI is InChI=1S/C25H29F3N8O3S/c1-2-40(38,39)36-21-17(6-4-10-30-21)14-31-22-20(25(26,27)28)15-32-24(35-22)34-19-7-3-5-16(13-19)23(37)33-18-8-11-29-12-9-18/h3-7,10,13,15,18,29H,2,8-9,11-12,14H2,1H3,(H,30,36)(H,33,37)(H2,31,32,34,35). The molecular formula is C25H29F3N8O3S. The minimum atomic E-state index is -4.75. The van der Waals surface area contributed by atoms with E-state index in [1.54, 1.807) is 24.3 Å². The van der Waals surface area contributed by atoms with Crippen LogP contribution < -0.4 is 26.0 Å². The zero-order valence-electron chi connectivity index (χ0n) is 21.5. The Morgan fingerprint density at radius 2 is 1.88 bits per heavy atom. The Hall–Kier alpha value is -3.98. The Morgan fingerprint density at radius 1 is 1.10 bits per heavy atom. The SMILES string of the molecule is CCS(=O)(=O)Nc1ncccc1CNc1nc(Nc2cccc(C(=O)NC3CCNCC3)c2)ncc1C(F)(F)F. The number of amides is 1. The summed E-state index contributed by atoms with van der Waals surface area (Å²) in [5.74, 6) is -1.10. The number of nitrogens with zero attached hydrogens (tertiary/aromatic N) is 3. The van der Waals surface area contributed by atoms with E-state index in [1.165, 1.54) is 25.3 Å². The lowest BCUT2D eigenvalue weighted by Gasteiger charge is -2.23. The highest BCUT2D eigenvalue weighted by atomic mass is 32.2. The first kappa shape index (κ1) is 29.0. The summed E-state index contributed by atoms with van der Waals surface area (Å²) in [5, 5.41) is 11.7. The molecule has 15 heteroatoms. The van der Waals surface area contributed by atoms with Crippen molar-refractivity contribution in [2.45, 2.75) is 38.5 Å². The second-order valence-corrected chi connectivity index (χ2v) is 11.0. The van der Waals surface area contributed by atoms with E-state index in [-0.39, 0.29) is 36.0 Å². The number of nitrogens with one attached hydrogen (secondary N) is 5. The molecular weight excluding hydrogens is 549 g/mol. The average molecular weight is 579 g/mol. The van der Waals surface area contributed by atoms with Crippen molar-refractivity contribution in [3.8, 4) is 0 Å². The molecule has 1 aliphatic heterocycles. The van der Waals surface area contributed by atoms with Crippen LogP contribution in [0.1, 0.15) is 41.3 Å². The van der Waals surface area contributed by atoms with Crippen LogP contribution in [0.3, 0.4) is 0 Å². The summed E-state index contributed by atoms with van der Waals surface area (Å²) in [6.45, 7) is 2.89. The number of alkyl halides is 3. The van der Waals surface area contributed by atoms with Crippen LogP contribution in [0.15, 0.2) is 48.8 Å². The fraction of sp³-hybridized carbons (Fsp3) is 0.360. The number of carbonyl (C=O) groups excluding carboxylic acids is 1. The molecule has 3 heterocycles. The molecule has 3 aromatic rings. The van der Waals surface area contributed by atoms with E-state index in [0.29, 0.717) is 23.0 Å². The molecule has 214 valence electrons. The zero-order valence-corrected chi connectivity index (χ0v) is 22.4. The van der Waals surface area contributed by atoms with E-state index in [9.17, 15) is 26.4 Å². The maximum absolute atomic E-state index is 13.7. The first-order valence-electron chi connectivity index (χ1n) is 12.5. The van der Waals surface area contributed by atoms with Gasteiger partial charge in [0.2, 0.25) is 16.0 Å². The van der Waals surface area contributed by atoms with Crippen molar-refractivity contribution >= 4 is 39.2 Å². The van der Waals surface area contributed by atoms with Crippen molar-refractivity contribution in [3.05, 3.63) is 65.5 Å². The molecule has 11 nitrogen and oxygen atoms in total. The van der Waals surface area contributed by atoms with Gasteiger partial charge in [-0.1, -0.05) is 12.1 Å². The van der Waals surface area contributed by atoms with Gasteiger partial charge in [-0.25, -0.2) is 18.4 Å². The molecule has 4 rings (SSSR count). The van der Waals surface area contributed by atoms with Crippen molar-refractivity contribution in [3.63, 3.8) is 0 Å². The average Bonchev–Trinajstić information content (AvgIpc) is 2.92. The number of anilines is 4. The van der Waals surface area contributed by atoms with Gasteiger partial charge in [-0.2, -0.15) is 18.2 Å². The van der Waals surface area contributed by atoms with Crippen molar-refractivity contribution in [2.75, 3.05) is 34.2 Å². The van der Waals surface area contributed by atoms with E-state index in [4.69, 9.17) is 0 Å². The second-order valence-electron chi connectivity index (χ2n) is 9.03. The molecule has 0 spiro atoms. The third-order valence-corrected chi connectivity index (χ3v) is 7.38. The highest BCUT2D eigenvalue weighted by molar-refractivity contribution is 7.92. The first-order chi connectivity index (χ1) is 19.0. The number of hydrogen-bond acceptors (Lipinski definition) is 9. The smallest absolute Gasteiger partial charge is 0.365 e. The summed E-state index contributed by atoms with van der Waals surface area (Å²) in [6, 6.07) is 9.61. The molecule has 1 fully saturated rings. The molecule has 0 saturated carbocycles. The van der Waals surface area contributed by atoms with Gasteiger partial charge in [0.05, 0.1) is 5.75 Å². The van der Waals surface area contributed by atoms with Crippen LogP contribution in [-0.2, 0) is 22.7 Å². The highest BCUT2D eigenvalue weighted by Gasteiger charge is 2.35. The second kappa shape index (κ2) is 12.5. The minimum Gasteiger partial charge on any atom is -0.365 e. The Balaban J connectivity index is 1.52. The van der Waals surface area contributed by atoms with Crippen LogP contribution in [0.5, 0.6) is 0 Å². The number of rotatable bonds is 10. The number of aromatic nitrogens is 3. The number of carbonyl (C=O) groups is 1. The molecule has 40 heavy (non-hydrogen) atoms. The number of benzene rings is 1. The van der Waals surface area contributed by atoms with Crippen LogP contribution in [0.4, 0.5) is 36.4 Å². The van der Waals surface area contributed by atoms with Crippen LogP contribution in [0.2, 0.25) is 0 Å². The van der Waals surface area contributed by atoms with Crippen LogP contribution in [-0.4, -0.2) is 54.2 Å². The minimum absolute atomic E-state index is 0.00241. The zero-order chi connectivity index (χ0) is 28.8. The van der Waals surface area contributed by atoms with Gasteiger partial charge in [0.25, 0.3) is 5.91 Å². The van der Waals surface area contributed by atoms with Crippen LogP contribution >= 0.6 is 0 Å². The fourth-order valence-electron chi connectivity index (χ4n) is 3.96. The van der Waals surface area contributed by atoms with Crippen molar-refractivity contribution in [1.82, 2.24) is 25.6 Å². The molecule has 0 aliphatic carbocycles. The monoisotopic (exact) mass is 578 g/mol. The van der Waals surface area contributed by atoms with Gasteiger partial charge in [-0.05, 0) is 57.1 Å². The van der Waals surface area contributed by atoms with Crippen LogP contribution in [0.25, 0.3) is 0 Å². The predicted octanol–water partition coefficient (Wildman–Crippen LogP) is 3.49. The third kappa shape index (κ3) is 7.79. The van der Waals surface area contributed by atoms with Crippen LogP contribution in [0, 0.1) is 0 Å². The summed E-state index contributed by atoms with van der Waals surface area (Å²) < 4.78 is 67.5. The Bertz CT molecular complexity index is 1450. The highest BCUT2D eigenvalue weighted by Crippen LogP contribution is 2.34. The normalized spacial score (nSPS) is 14.4. The lowest BCUT2D eigenvalue weighted by molar-refractivity contribution is -0.137. The molecule has 5 N–H and O–H groups in total. The largest absolute Gasteiger partial charge is 0.421 e. The van der Waals surface area contributed by atoms with E-state index in [0.717, 1.165) is 25.9 Å². The van der Waals surface area contributed by atoms with Gasteiger partial charge in [0.15, 0.2) is 0 Å². The maximum atomic E-state index is 13.7. The summed E-state index contributed by atoms with van der Waals surface area (Å²) >= 11 is 0. The first-order valence-corrected chi connectivity index (χ1v) is 14.2. The van der Waals surface area contributed by atoms with Gasteiger partial charge in [0.1, 0.15) is 17.2 Å². The number of hydrogen-bond donors (Lipinski definition) is 5. The lowest BCUT2D eigenvalue weighted by Crippen LogP contribution is -2.42. The third-order valence-electron chi connectivity index (χ3n) is 6.12. The molecule has 1 aromatic carbocycles. The van der Waals surface area contributed by atoms with E-state index >= 15 is 0 Å².